The van der Waals surface area contributed by atoms with Gasteiger partial charge in [-0.05, 0) is 30.2 Å². The van der Waals surface area contributed by atoms with Gasteiger partial charge in [-0.1, -0.05) is 31.2 Å². The molecule has 3 aromatic rings. The van der Waals surface area contributed by atoms with Gasteiger partial charge in [0, 0.05) is 24.4 Å². The molecule has 2 N–H and O–H groups in total. The molecule has 2 unspecified atom stereocenters. The maximum Gasteiger partial charge on any atom is 0.324 e. The van der Waals surface area contributed by atoms with Gasteiger partial charge in [0.25, 0.3) is 11.5 Å². The first-order valence-electron chi connectivity index (χ1n) is 11.0. The molecule has 0 spiro atoms. The van der Waals surface area contributed by atoms with Gasteiger partial charge in [0.2, 0.25) is 5.91 Å². The van der Waals surface area contributed by atoms with Crippen molar-refractivity contribution in [1.29, 1.82) is 0 Å². The molecule has 4 amide bonds. The summed E-state index contributed by atoms with van der Waals surface area (Å²) in [5.41, 5.74) is 0.894. The van der Waals surface area contributed by atoms with Crippen LogP contribution in [0.5, 0.6) is 0 Å². The van der Waals surface area contributed by atoms with Crippen molar-refractivity contribution in [2.45, 2.75) is 25.3 Å². The summed E-state index contributed by atoms with van der Waals surface area (Å²) in [7, 11) is 0. The van der Waals surface area contributed by atoms with Crippen LogP contribution in [0.2, 0.25) is 0 Å². The number of nitrogens with one attached hydrogen (secondary N) is 2. The molecule has 5 rings (SSSR count). The molecule has 34 heavy (non-hydrogen) atoms. The van der Waals surface area contributed by atoms with Crippen LogP contribution < -0.4 is 10.9 Å². The fraction of sp³-hybridized carbons (Fsp3) is 0.292. The molecular formula is C24H22FN5O4. The van der Waals surface area contributed by atoms with Crippen molar-refractivity contribution in [3.8, 4) is 0 Å². The third-order valence-corrected chi connectivity index (χ3v) is 6.55. The van der Waals surface area contributed by atoms with E-state index in [2.05, 4.69) is 15.5 Å². The number of hydrogen-bond donors (Lipinski definition) is 2. The first-order chi connectivity index (χ1) is 16.3. The Morgan fingerprint density at radius 3 is 2.65 bits per heavy atom. The average Bonchev–Trinajstić information content (AvgIpc) is 3.45. The number of aromatic amines is 1. The smallest absolute Gasteiger partial charge is 0.324 e. The summed E-state index contributed by atoms with van der Waals surface area (Å²) in [6.07, 6.45) is 0.440. The Hall–Kier alpha value is -4.08. The summed E-state index contributed by atoms with van der Waals surface area (Å²) in [5.74, 6) is -1.81. The Labute approximate surface area is 193 Å². The summed E-state index contributed by atoms with van der Waals surface area (Å²) in [4.78, 5) is 51.8. The zero-order valence-electron chi connectivity index (χ0n) is 18.4. The van der Waals surface area contributed by atoms with Crippen molar-refractivity contribution in [2.75, 3.05) is 19.6 Å². The van der Waals surface area contributed by atoms with E-state index < -0.39 is 23.8 Å². The standard InChI is InChI=1S/C24H22FN5O4/c1-13(21-16-4-2-3-5-17(16)22(32)28-27-21)14-6-7-19(25)18(10-14)23(33)29-9-8-15(12-29)30-20(31)11-26-24(30)34/h2-7,10,13,15H,8-9,11-12H2,1H3,(H,26,34)(H,28,32). The van der Waals surface area contributed by atoms with E-state index in [4.69, 9.17) is 0 Å². The largest absolute Gasteiger partial charge is 0.336 e. The zero-order valence-corrected chi connectivity index (χ0v) is 18.4. The topological polar surface area (TPSA) is 115 Å². The number of hydrogen-bond acceptors (Lipinski definition) is 5. The molecule has 2 saturated heterocycles. The first-order valence-corrected chi connectivity index (χ1v) is 11.0. The van der Waals surface area contributed by atoms with E-state index in [-0.39, 0.29) is 36.0 Å². The monoisotopic (exact) mass is 463 g/mol. The SMILES string of the molecule is CC(c1ccc(F)c(C(=O)N2CCC(N3C(=O)CNC3=O)C2)c1)c1n[nH]c(=O)c2ccccc12. The lowest BCUT2D eigenvalue weighted by Crippen LogP contribution is -2.43. The van der Waals surface area contributed by atoms with Crippen LogP contribution in [0, 0.1) is 5.82 Å². The number of imide groups is 1. The van der Waals surface area contributed by atoms with Crippen molar-refractivity contribution < 1.29 is 18.8 Å². The van der Waals surface area contributed by atoms with Gasteiger partial charge >= 0.3 is 6.03 Å². The van der Waals surface area contributed by atoms with Crippen LogP contribution in [-0.4, -0.2) is 63.5 Å². The fourth-order valence-corrected chi connectivity index (χ4v) is 4.71. The predicted molar refractivity (Wildman–Crippen MR) is 121 cm³/mol. The van der Waals surface area contributed by atoms with Crippen LogP contribution >= 0.6 is 0 Å². The van der Waals surface area contributed by atoms with Crippen molar-refractivity contribution in [3.63, 3.8) is 0 Å². The number of nitrogens with zero attached hydrogens (tertiary/aromatic N) is 3. The van der Waals surface area contributed by atoms with Crippen LogP contribution in [0.3, 0.4) is 0 Å². The second-order valence-electron chi connectivity index (χ2n) is 8.56. The third-order valence-electron chi connectivity index (χ3n) is 6.55. The molecule has 2 atom stereocenters. The molecule has 2 aliphatic rings. The minimum Gasteiger partial charge on any atom is -0.336 e. The maximum absolute atomic E-state index is 14.7. The van der Waals surface area contributed by atoms with Gasteiger partial charge in [0.15, 0.2) is 0 Å². The number of halogens is 1. The zero-order chi connectivity index (χ0) is 24.0. The van der Waals surface area contributed by atoms with Gasteiger partial charge in [-0.2, -0.15) is 5.10 Å². The molecule has 0 aliphatic carbocycles. The minimum absolute atomic E-state index is 0.0503. The van der Waals surface area contributed by atoms with Crippen LogP contribution in [0.4, 0.5) is 9.18 Å². The van der Waals surface area contributed by atoms with Crippen LogP contribution in [0.25, 0.3) is 10.8 Å². The van der Waals surface area contributed by atoms with Crippen molar-refractivity contribution in [2.24, 2.45) is 0 Å². The number of carbonyl (C=O) groups is 3. The number of aromatic nitrogens is 2. The number of urea groups is 1. The van der Waals surface area contributed by atoms with Gasteiger partial charge in [0.05, 0.1) is 29.2 Å². The highest BCUT2D eigenvalue weighted by Crippen LogP contribution is 2.29. The van der Waals surface area contributed by atoms with E-state index in [1.54, 1.807) is 24.3 Å². The lowest BCUT2D eigenvalue weighted by Gasteiger charge is -2.22. The molecule has 10 heteroatoms. The molecule has 9 nitrogen and oxygen atoms in total. The van der Waals surface area contributed by atoms with Gasteiger partial charge in [-0.3, -0.25) is 19.3 Å². The Bertz CT molecular complexity index is 1370. The number of benzene rings is 2. The third kappa shape index (κ3) is 3.60. The Balaban J connectivity index is 1.42. The summed E-state index contributed by atoms with van der Waals surface area (Å²) in [5, 5.41) is 10.4. The van der Waals surface area contributed by atoms with Crippen molar-refractivity contribution >= 4 is 28.6 Å². The van der Waals surface area contributed by atoms with Gasteiger partial charge in [-0.15, -0.1) is 0 Å². The molecular weight excluding hydrogens is 441 g/mol. The molecule has 2 aromatic carbocycles. The summed E-state index contributed by atoms with van der Waals surface area (Å²) in [6, 6.07) is 10.5. The minimum atomic E-state index is -0.654. The number of amides is 4. The number of rotatable bonds is 4. The highest BCUT2D eigenvalue weighted by Gasteiger charge is 2.40. The number of carbonyl (C=O) groups excluding carboxylic acids is 3. The second-order valence-corrected chi connectivity index (χ2v) is 8.56. The van der Waals surface area contributed by atoms with Crippen LogP contribution in [-0.2, 0) is 4.79 Å². The Morgan fingerprint density at radius 2 is 1.91 bits per heavy atom. The summed E-state index contributed by atoms with van der Waals surface area (Å²) < 4.78 is 14.7. The molecule has 0 saturated carbocycles. The van der Waals surface area contributed by atoms with Crippen LogP contribution in [0.1, 0.15) is 40.9 Å². The highest BCUT2D eigenvalue weighted by atomic mass is 19.1. The number of H-pyrrole nitrogens is 1. The highest BCUT2D eigenvalue weighted by molar-refractivity contribution is 6.02. The summed E-state index contributed by atoms with van der Waals surface area (Å²) in [6.45, 7) is 2.29. The Morgan fingerprint density at radius 1 is 1.15 bits per heavy atom. The predicted octanol–water partition coefficient (Wildman–Crippen LogP) is 1.98. The number of fused-ring (bicyclic) bond motifs is 1. The quantitative estimate of drug-likeness (QED) is 0.574. The fourth-order valence-electron chi connectivity index (χ4n) is 4.71. The molecule has 0 bridgehead atoms. The van der Waals surface area contributed by atoms with Crippen molar-refractivity contribution in [1.82, 2.24) is 25.3 Å². The van der Waals surface area contributed by atoms with E-state index in [0.717, 1.165) is 4.90 Å². The molecule has 1 aromatic heterocycles. The normalized spacial score (nSPS) is 19.1. The maximum atomic E-state index is 14.7. The summed E-state index contributed by atoms with van der Waals surface area (Å²) >= 11 is 0. The van der Waals surface area contributed by atoms with E-state index in [0.29, 0.717) is 35.0 Å². The van der Waals surface area contributed by atoms with Crippen molar-refractivity contribution in [3.05, 3.63) is 75.5 Å². The van der Waals surface area contributed by atoms with E-state index in [1.165, 1.54) is 17.0 Å². The lowest BCUT2D eigenvalue weighted by atomic mass is 9.92. The van der Waals surface area contributed by atoms with Gasteiger partial charge < -0.3 is 10.2 Å². The van der Waals surface area contributed by atoms with E-state index >= 15 is 0 Å². The molecule has 174 valence electrons. The molecule has 0 radical (unpaired) electrons. The molecule has 2 aliphatic heterocycles. The second kappa shape index (κ2) is 8.36. The first kappa shape index (κ1) is 21.7. The lowest BCUT2D eigenvalue weighted by molar-refractivity contribution is -0.126. The average molecular weight is 463 g/mol. The molecule has 3 heterocycles. The van der Waals surface area contributed by atoms with E-state index in [9.17, 15) is 23.6 Å². The molecule has 2 fully saturated rings. The Kier molecular flexibility index (Phi) is 5.35. The van der Waals surface area contributed by atoms with Gasteiger partial charge in [0.1, 0.15) is 5.82 Å². The van der Waals surface area contributed by atoms with Gasteiger partial charge in [-0.25, -0.2) is 14.3 Å². The van der Waals surface area contributed by atoms with E-state index in [1.807, 2.05) is 13.0 Å². The number of likely N-dealkylation sites (tertiary alicyclic amines) is 1. The van der Waals surface area contributed by atoms with Crippen LogP contribution in [0.15, 0.2) is 47.3 Å².